The Morgan fingerprint density at radius 1 is 1.23 bits per heavy atom. The maximum atomic E-state index is 11.1. The van der Waals surface area contributed by atoms with Crippen LogP contribution in [0.5, 0.6) is 5.75 Å². The fraction of sp³-hybridized carbons (Fsp3) is 0.167. The van der Waals surface area contributed by atoms with Crippen LogP contribution in [-0.4, -0.2) is 15.6 Å². The fourth-order valence-corrected chi connectivity index (χ4v) is 2.60. The monoisotopic (exact) mass is 295 g/mol. The molecule has 4 heteroatoms. The quantitative estimate of drug-likeness (QED) is 0.797. The molecule has 1 aromatic heterocycles. The van der Waals surface area contributed by atoms with Crippen molar-refractivity contribution in [1.29, 1.82) is 0 Å². The smallest absolute Gasteiger partial charge is 0.335 e. The van der Waals surface area contributed by atoms with Crippen LogP contribution in [0.2, 0.25) is 0 Å². The Morgan fingerprint density at radius 3 is 2.73 bits per heavy atom. The topological polar surface area (TPSA) is 51.5 Å². The second-order valence-corrected chi connectivity index (χ2v) is 5.36. The Bertz CT molecular complexity index is 849. The lowest BCUT2D eigenvalue weighted by atomic mass is 10.1. The molecule has 0 unspecified atom stereocenters. The van der Waals surface area contributed by atoms with Gasteiger partial charge >= 0.3 is 5.97 Å². The van der Waals surface area contributed by atoms with E-state index in [1.165, 1.54) is 0 Å². The number of aromatic nitrogens is 1. The van der Waals surface area contributed by atoms with Gasteiger partial charge in [-0.15, -0.1) is 0 Å². The Balaban J connectivity index is 1.95. The van der Waals surface area contributed by atoms with Crippen molar-refractivity contribution in [2.75, 3.05) is 0 Å². The molecule has 0 amide bonds. The lowest BCUT2D eigenvalue weighted by molar-refractivity contribution is 0.0697. The third-order valence-electron chi connectivity index (χ3n) is 3.80. The van der Waals surface area contributed by atoms with Crippen LogP contribution in [0.4, 0.5) is 0 Å². The summed E-state index contributed by atoms with van der Waals surface area (Å²) in [6.07, 6.45) is 1.98. The van der Waals surface area contributed by atoms with Crippen molar-refractivity contribution in [1.82, 2.24) is 4.57 Å². The average molecular weight is 295 g/mol. The minimum Gasteiger partial charge on any atom is -0.489 e. The van der Waals surface area contributed by atoms with Gasteiger partial charge in [0, 0.05) is 29.7 Å². The van der Waals surface area contributed by atoms with Crippen LogP contribution in [0.1, 0.15) is 21.5 Å². The fourth-order valence-electron chi connectivity index (χ4n) is 2.60. The van der Waals surface area contributed by atoms with Gasteiger partial charge in [-0.25, -0.2) is 4.79 Å². The van der Waals surface area contributed by atoms with Gasteiger partial charge in [0.25, 0.3) is 0 Å². The van der Waals surface area contributed by atoms with E-state index in [1.807, 2.05) is 55.1 Å². The minimum absolute atomic E-state index is 0.288. The lowest BCUT2D eigenvalue weighted by Gasteiger charge is -2.08. The van der Waals surface area contributed by atoms with Crippen molar-refractivity contribution in [3.05, 3.63) is 65.4 Å². The second kappa shape index (κ2) is 5.56. The predicted molar refractivity (Wildman–Crippen MR) is 85.4 cm³/mol. The number of carboxylic acid groups (broad SMARTS) is 1. The summed E-state index contributed by atoms with van der Waals surface area (Å²) in [6, 6.07) is 13.0. The van der Waals surface area contributed by atoms with Crippen molar-refractivity contribution >= 4 is 16.9 Å². The number of hydrogen-bond acceptors (Lipinski definition) is 2. The van der Waals surface area contributed by atoms with E-state index < -0.39 is 5.97 Å². The first-order chi connectivity index (χ1) is 10.6. The summed E-state index contributed by atoms with van der Waals surface area (Å²) in [6.45, 7) is 2.41. The number of carbonyl (C=O) groups is 1. The molecule has 0 atom stereocenters. The molecule has 0 spiro atoms. The molecule has 112 valence electrons. The van der Waals surface area contributed by atoms with E-state index in [1.54, 1.807) is 12.1 Å². The van der Waals surface area contributed by atoms with Crippen molar-refractivity contribution in [2.24, 2.45) is 7.05 Å². The van der Waals surface area contributed by atoms with Crippen LogP contribution < -0.4 is 4.74 Å². The van der Waals surface area contributed by atoms with Gasteiger partial charge in [-0.1, -0.05) is 18.2 Å². The molecule has 0 bridgehead atoms. The van der Waals surface area contributed by atoms with Crippen LogP contribution in [0.25, 0.3) is 10.9 Å². The zero-order chi connectivity index (χ0) is 15.7. The SMILES string of the molecule is Cc1ccccc1OCc1cn(C)c2ccc(C(=O)O)cc12. The van der Waals surface area contributed by atoms with Crippen LogP contribution in [-0.2, 0) is 13.7 Å². The number of hydrogen-bond donors (Lipinski definition) is 1. The summed E-state index contributed by atoms with van der Waals surface area (Å²) in [7, 11) is 1.94. The van der Waals surface area contributed by atoms with Gasteiger partial charge in [-0.2, -0.15) is 0 Å². The molecular formula is C18H17NO3. The highest BCUT2D eigenvalue weighted by Gasteiger charge is 2.11. The number of ether oxygens (including phenoxy) is 1. The number of nitrogens with zero attached hydrogens (tertiary/aromatic N) is 1. The third kappa shape index (κ3) is 2.55. The summed E-state index contributed by atoms with van der Waals surface area (Å²) in [5, 5.41) is 10.1. The molecule has 2 aromatic carbocycles. The van der Waals surface area contributed by atoms with Crippen LogP contribution in [0.15, 0.2) is 48.7 Å². The Kier molecular flexibility index (Phi) is 3.59. The second-order valence-electron chi connectivity index (χ2n) is 5.36. The first-order valence-corrected chi connectivity index (χ1v) is 7.06. The number of aromatic carboxylic acids is 1. The lowest BCUT2D eigenvalue weighted by Crippen LogP contribution is -1.98. The highest BCUT2D eigenvalue weighted by Crippen LogP contribution is 2.25. The maximum Gasteiger partial charge on any atom is 0.335 e. The molecule has 0 saturated carbocycles. The number of rotatable bonds is 4. The average Bonchev–Trinajstić information content (AvgIpc) is 2.82. The van der Waals surface area contributed by atoms with E-state index in [2.05, 4.69) is 0 Å². The normalized spacial score (nSPS) is 10.8. The highest BCUT2D eigenvalue weighted by molar-refractivity contribution is 5.94. The number of carboxylic acids is 1. The summed E-state index contributed by atoms with van der Waals surface area (Å²) in [4.78, 5) is 11.1. The molecule has 4 nitrogen and oxygen atoms in total. The van der Waals surface area contributed by atoms with Gasteiger partial charge < -0.3 is 14.4 Å². The Morgan fingerprint density at radius 2 is 2.00 bits per heavy atom. The van der Waals surface area contributed by atoms with Gasteiger partial charge in [-0.3, -0.25) is 0 Å². The minimum atomic E-state index is -0.920. The van der Waals surface area contributed by atoms with Gasteiger partial charge in [-0.05, 0) is 36.8 Å². The van der Waals surface area contributed by atoms with Crippen LogP contribution >= 0.6 is 0 Å². The first-order valence-electron chi connectivity index (χ1n) is 7.06. The number of aryl methyl sites for hydroxylation is 2. The zero-order valence-electron chi connectivity index (χ0n) is 12.5. The van der Waals surface area contributed by atoms with Crippen molar-refractivity contribution < 1.29 is 14.6 Å². The van der Waals surface area contributed by atoms with Crippen molar-refractivity contribution in [3.8, 4) is 5.75 Å². The molecule has 0 aliphatic heterocycles. The summed E-state index contributed by atoms with van der Waals surface area (Å²) < 4.78 is 7.87. The summed E-state index contributed by atoms with van der Waals surface area (Å²) >= 11 is 0. The molecule has 1 heterocycles. The first kappa shape index (κ1) is 14.2. The molecule has 0 radical (unpaired) electrons. The van der Waals surface area contributed by atoms with Crippen LogP contribution in [0, 0.1) is 6.92 Å². The van der Waals surface area contributed by atoms with E-state index in [-0.39, 0.29) is 5.56 Å². The van der Waals surface area contributed by atoms with Gasteiger partial charge in [0.05, 0.1) is 5.56 Å². The van der Waals surface area contributed by atoms with E-state index in [0.29, 0.717) is 6.61 Å². The van der Waals surface area contributed by atoms with Crippen molar-refractivity contribution in [3.63, 3.8) is 0 Å². The molecule has 0 aliphatic rings. The molecular weight excluding hydrogens is 278 g/mol. The summed E-state index contributed by atoms with van der Waals surface area (Å²) in [5.74, 6) is -0.0783. The highest BCUT2D eigenvalue weighted by atomic mass is 16.5. The number of para-hydroxylation sites is 1. The van der Waals surface area contributed by atoms with Gasteiger partial charge in [0.1, 0.15) is 12.4 Å². The molecule has 0 fully saturated rings. The Hall–Kier alpha value is -2.75. The van der Waals surface area contributed by atoms with Gasteiger partial charge in [0.2, 0.25) is 0 Å². The van der Waals surface area contributed by atoms with E-state index >= 15 is 0 Å². The number of benzene rings is 2. The maximum absolute atomic E-state index is 11.1. The van der Waals surface area contributed by atoms with Gasteiger partial charge in [0.15, 0.2) is 0 Å². The molecule has 3 aromatic rings. The third-order valence-corrected chi connectivity index (χ3v) is 3.80. The molecule has 1 N–H and O–H groups in total. The zero-order valence-corrected chi connectivity index (χ0v) is 12.5. The standard InChI is InChI=1S/C18H17NO3/c1-12-5-3-4-6-17(12)22-11-14-10-19(2)16-8-7-13(18(20)21)9-15(14)16/h3-10H,11H2,1-2H3,(H,20,21). The van der Waals surface area contributed by atoms with E-state index in [0.717, 1.165) is 27.8 Å². The molecule has 3 rings (SSSR count). The number of fused-ring (bicyclic) bond motifs is 1. The molecule has 0 saturated heterocycles. The van der Waals surface area contributed by atoms with Crippen LogP contribution in [0.3, 0.4) is 0 Å². The predicted octanol–water partition coefficient (Wildman–Crippen LogP) is 3.76. The molecule has 0 aliphatic carbocycles. The van der Waals surface area contributed by atoms with E-state index in [9.17, 15) is 4.79 Å². The van der Waals surface area contributed by atoms with E-state index in [4.69, 9.17) is 9.84 Å². The Labute approximate surface area is 128 Å². The summed E-state index contributed by atoms with van der Waals surface area (Å²) in [5.41, 5.74) is 3.34. The van der Waals surface area contributed by atoms with Crippen molar-refractivity contribution in [2.45, 2.75) is 13.5 Å². The largest absolute Gasteiger partial charge is 0.489 e. The molecule has 22 heavy (non-hydrogen) atoms.